The van der Waals surface area contributed by atoms with Gasteiger partial charge >= 0.3 is 5.91 Å². The molecule has 1 aromatic heterocycles. The number of hydrazone groups is 1. The second-order valence-electron chi connectivity index (χ2n) is 5.24. The molecule has 26 heavy (non-hydrogen) atoms. The molecule has 0 aliphatic carbocycles. The summed E-state index contributed by atoms with van der Waals surface area (Å²) in [6.07, 6.45) is 1.57. The molecular weight excluding hydrogens is 579 g/mol. The van der Waals surface area contributed by atoms with Crippen LogP contribution in [0.25, 0.3) is 11.0 Å². The first-order valence-electron chi connectivity index (χ1n) is 7.62. The van der Waals surface area contributed by atoms with Gasteiger partial charge in [-0.05, 0) is 87.4 Å². The minimum absolute atomic E-state index is 0.192. The van der Waals surface area contributed by atoms with Gasteiger partial charge in [0.1, 0.15) is 11.3 Å². The number of ether oxygens (including phenoxy) is 1. The lowest BCUT2D eigenvalue weighted by atomic mass is 10.2. The third kappa shape index (κ3) is 4.47. The number of carbonyl (C=O) groups is 1. The van der Waals surface area contributed by atoms with Crippen molar-refractivity contribution in [3.63, 3.8) is 0 Å². The van der Waals surface area contributed by atoms with E-state index >= 15 is 0 Å². The second kappa shape index (κ2) is 8.53. The lowest BCUT2D eigenvalue weighted by Crippen LogP contribution is -2.16. The van der Waals surface area contributed by atoms with E-state index in [2.05, 4.69) is 65.0 Å². The number of nitrogens with zero attached hydrogens (tertiary/aromatic N) is 1. The summed E-state index contributed by atoms with van der Waals surface area (Å²) in [5, 5.41) is 4.82. The quantitative estimate of drug-likeness (QED) is 0.234. The normalized spacial score (nSPS) is 11.2. The molecular formula is C18H13Br2IN2O3. The molecule has 0 aliphatic heterocycles. The third-order valence-electron chi connectivity index (χ3n) is 3.40. The van der Waals surface area contributed by atoms with E-state index in [-0.39, 0.29) is 5.76 Å². The zero-order chi connectivity index (χ0) is 18.7. The summed E-state index contributed by atoms with van der Waals surface area (Å²) >= 11 is 9.03. The van der Waals surface area contributed by atoms with Crippen LogP contribution in [0.15, 0.2) is 54.9 Å². The molecule has 1 N–H and O–H groups in total. The summed E-state index contributed by atoms with van der Waals surface area (Å²) in [7, 11) is 0. The first-order chi connectivity index (χ1) is 12.5. The zero-order valence-corrected chi connectivity index (χ0v) is 18.9. The molecule has 0 spiro atoms. The van der Waals surface area contributed by atoms with E-state index in [9.17, 15) is 4.79 Å². The van der Waals surface area contributed by atoms with Crippen LogP contribution in [0.4, 0.5) is 0 Å². The van der Waals surface area contributed by atoms with Crippen molar-refractivity contribution in [1.82, 2.24) is 5.43 Å². The van der Waals surface area contributed by atoms with Crippen LogP contribution in [-0.2, 0) is 0 Å². The Morgan fingerprint density at radius 2 is 2.12 bits per heavy atom. The Hall–Kier alpha value is -1.39. The molecule has 3 rings (SSSR count). The van der Waals surface area contributed by atoms with Gasteiger partial charge in [0.2, 0.25) is 0 Å². The fraction of sp³-hybridized carbons (Fsp3) is 0.111. The fourth-order valence-electron chi connectivity index (χ4n) is 2.28. The average molecular weight is 592 g/mol. The fourth-order valence-corrected chi connectivity index (χ4v) is 4.31. The Morgan fingerprint density at radius 1 is 1.31 bits per heavy atom. The molecule has 0 bridgehead atoms. The Balaban J connectivity index is 1.71. The van der Waals surface area contributed by atoms with E-state index in [1.807, 2.05) is 37.3 Å². The molecule has 134 valence electrons. The molecule has 3 aromatic rings. The van der Waals surface area contributed by atoms with Crippen LogP contribution >= 0.6 is 54.5 Å². The number of benzene rings is 2. The van der Waals surface area contributed by atoms with Crippen molar-refractivity contribution in [2.75, 3.05) is 6.61 Å². The molecule has 1 amide bonds. The molecule has 0 unspecified atom stereocenters. The predicted octanol–water partition coefficient (Wildman–Crippen LogP) is 5.73. The molecule has 0 saturated heterocycles. The highest BCUT2D eigenvalue weighted by atomic mass is 127. The average Bonchev–Trinajstić information content (AvgIpc) is 3.02. The van der Waals surface area contributed by atoms with Gasteiger partial charge in [0.05, 0.1) is 20.9 Å². The summed E-state index contributed by atoms with van der Waals surface area (Å²) in [4.78, 5) is 12.2. The topological polar surface area (TPSA) is 63.8 Å². The summed E-state index contributed by atoms with van der Waals surface area (Å²) in [5.74, 6) is 0.603. The number of fused-ring (bicyclic) bond motifs is 1. The van der Waals surface area contributed by atoms with Crippen LogP contribution in [0.2, 0.25) is 0 Å². The minimum atomic E-state index is -0.416. The third-order valence-corrected chi connectivity index (χ3v) is 5.28. The standard InChI is InChI=1S/C18H13Br2IN2O3/c1-2-25-15-4-3-10(5-14(15)21)9-22-23-18(24)16-7-11-6-12(19)8-13(20)17(11)26-16/h3-9H,2H2,1H3,(H,23,24)/b22-9-. The number of rotatable bonds is 5. The van der Waals surface area contributed by atoms with Gasteiger partial charge < -0.3 is 9.15 Å². The molecule has 0 aliphatic rings. The number of nitrogens with one attached hydrogen (secondary N) is 1. The molecule has 8 heteroatoms. The smallest absolute Gasteiger partial charge is 0.307 e. The van der Waals surface area contributed by atoms with E-state index in [1.165, 1.54) is 0 Å². The van der Waals surface area contributed by atoms with Crippen molar-refractivity contribution >= 4 is 77.5 Å². The van der Waals surface area contributed by atoms with Gasteiger partial charge in [-0.15, -0.1) is 0 Å². The molecule has 0 atom stereocenters. The maximum atomic E-state index is 12.2. The summed E-state index contributed by atoms with van der Waals surface area (Å²) < 4.78 is 13.8. The lowest BCUT2D eigenvalue weighted by molar-refractivity contribution is 0.0929. The van der Waals surface area contributed by atoms with Gasteiger partial charge in [-0.25, -0.2) is 5.43 Å². The van der Waals surface area contributed by atoms with E-state index in [0.717, 1.165) is 29.2 Å². The van der Waals surface area contributed by atoms with Crippen molar-refractivity contribution in [1.29, 1.82) is 0 Å². The van der Waals surface area contributed by atoms with Gasteiger partial charge in [-0.2, -0.15) is 5.10 Å². The first-order valence-corrected chi connectivity index (χ1v) is 10.3. The monoisotopic (exact) mass is 590 g/mol. The van der Waals surface area contributed by atoms with Crippen molar-refractivity contribution in [3.05, 3.63) is 60.2 Å². The van der Waals surface area contributed by atoms with Gasteiger partial charge in [-0.1, -0.05) is 15.9 Å². The van der Waals surface area contributed by atoms with Crippen LogP contribution in [0.1, 0.15) is 23.0 Å². The van der Waals surface area contributed by atoms with E-state index in [0.29, 0.717) is 12.2 Å². The van der Waals surface area contributed by atoms with E-state index < -0.39 is 5.91 Å². The first kappa shape index (κ1) is 19.4. The Bertz CT molecular complexity index is 1000. The SMILES string of the molecule is CCOc1ccc(/C=N\NC(=O)c2cc3cc(Br)cc(Br)c3o2)cc1I. The van der Waals surface area contributed by atoms with Crippen molar-refractivity contribution in [2.45, 2.75) is 6.92 Å². The zero-order valence-electron chi connectivity index (χ0n) is 13.6. The van der Waals surface area contributed by atoms with Crippen LogP contribution in [0, 0.1) is 3.57 Å². The summed E-state index contributed by atoms with van der Waals surface area (Å²) in [6.45, 7) is 2.56. The van der Waals surface area contributed by atoms with Gasteiger partial charge in [0, 0.05) is 9.86 Å². The number of hydrogen-bond donors (Lipinski definition) is 1. The van der Waals surface area contributed by atoms with E-state index in [1.54, 1.807) is 12.3 Å². The maximum absolute atomic E-state index is 12.2. The van der Waals surface area contributed by atoms with Gasteiger partial charge in [0.25, 0.3) is 0 Å². The number of furan rings is 1. The number of hydrogen-bond acceptors (Lipinski definition) is 4. The second-order valence-corrected chi connectivity index (χ2v) is 8.17. The highest BCUT2D eigenvalue weighted by Gasteiger charge is 2.14. The Labute approximate surface area is 180 Å². The number of halogens is 3. The van der Waals surface area contributed by atoms with Gasteiger partial charge in [0.15, 0.2) is 5.76 Å². The van der Waals surface area contributed by atoms with Crippen LogP contribution in [0.3, 0.4) is 0 Å². The summed E-state index contributed by atoms with van der Waals surface area (Å²) in [5.41, 5.74) is 3.95. The number of amides is 1. The minimum Gasteiger partial charge on any atom is -0.493 e. The van der Waals surface area contributed by atoms with Crippen LogP contribution < -0.4 is 10.2 Å². The Kier molecular flexibility index (Phi) is 6.36. The molecule has 0 fully saturated rings. The number of carbonyl (C=O) groups excluding carboxylic acids is 1. The molecule has 2 aromatic carbocycles. The Morgan fingerprint density at radius 3 is 2.85 bits per heavy atom. The molecule has 0 saturated carbocycles. The predicted molar refractivity (Wildman–Crippen MR) is 117 cm³/mol. The highest BCUT2D eigenvalue weighted by Crippen LogP contribution is 2.31. The molecule has 1 heterocycles. The molecule has 5 nitrogen and oxygen atoms in total. The van der Waals surface area contributed by atoms with Crippen molar-refractivity contribution in [3.8, 4) is 5.75 Å². The van der Waals surface area contributed by atoms with Crippen LogP contribution in [-0.4, -0.2) is 18.7 Å². The largest absolute Gasteiger partial charge is 0.493 e. The lowest BCUT2D eigenvalue weighted by Gasteiger charge is -2.05. The highest BCUT2D eigenvalue weighted by molar-refractivity contribution is 14.1. The summed E-state index contributed by atoms with van der Waals surface area (Å²) in [6, 6.07) is 11.1. The van der Waals surface area contributed by atoms with E-state index in [4.69, 9.17) is 9.15 Å². The van der Waals surface area contributed by atoms with Crippen molar-refractivity contribution < 1.29 is 13.9 Å². The van der Waals surface area contributed by atoms with Crippen LogP contribution in [0.5, 0.6) is 5.75 Å². The maximum Gasteiger partial charge on any atom is 0.307 e. The van der Waals surface area contributed by atoms with Gasteiger partial charge in [-0.3, -0.25) is 4.79 Å². The van der Waals surface area contributed by atoms with Crippen molar-refractivity contribution in [2.24, 2.45) is 5.10 Å². The molecule has 0 radical (unpaired) electrons.